The summed E-state index contributed by atoms with van der Waals surface area (Å²) in [7, 11) is 0. The number of carboxylic acid groups (broad SMARTS) is 1. The summed E-state index contributed by atoms with van der Waals surface area (Å²) in [6.07, 6.45) is 0. The molecule has 0 bridgehead atoms. The number of hydrogen-bond donors (Lipinski definition) is 1. The third-order valence-corrected chi connectivity index (χ3v) is 3.84. The lowest BCUT2D eigenvalue weighted by atomic mass is 10.1. The van der Waals surface area contributed by atoms with E-state index in [-0.39, 0.29) is 5.91 Å². The lowest BCUT2D eigenvalue weighted by molar-refractivity contribution is -0.150. The summed E-state index contributed by atoms with van der Waals surface area (Å²) in [4.78, 5) is 26.5. The van der Waals surface area contributed by atoms with Gasteiger partial charge in [-0.05, 0) is 19.1 Å². The van der Waals surface area contributed by atoms with Crippen molar-refractivity contribution in [2.24, 2.45) is 5.92 Å². The van der Waals surface area contributed by atoms with Gasteiger partial charge in [0.25, 0.3) is 0 Å². The molecule has 1 aliphatic heterocycles. The van der Waals surface area contributed by atoms with Crippen molar-refractivity contribution in [2.75, 3.05) is 31.1 Å². The standard InChI is InChI=1S/C14H17ClN2O3/c1-10(14(19)20)13(18)17-8-6-16(7-9-17)12-5-3-2-4-11(12)15/h2-5,10H,6-9H2,1H3,(H,19,20). The minimum atomic E-state index is -1.08. The number of amides is 1. The van der Waals surface area contributed by atoms with Gasteiger partial charge < -0.3 is 14.9 Å². The van der Waals surface area contributed by atoms with Gasteiger partial charge in [0.2, 0.25) is 5.91 Å². The molecule has 0 aromatic heterocycles. The summed E-state index contributed by atoms with van der Waals surface area (Å²) >= 11 is 6.15. The Morgan fingerprint density at radius 3 is 2.35 bits per heavy atom. The van der Waals surface area contributed by atoms with Crippen LogP contribution in [0.15, 0.2) is 24.3 Å². The Hall–Kier alpha value is -1.75. The highest BCUT2D eigenvalue weighted by Crippen LogP contribution is 2.26. The van der Waals surface area contributed by atoms with Crippen LogP contribution in [-0.4, -0.2) is 48.1 Å². The van der Waals surface area contributed by atoms with E-state index in [9.17, 15) is 9.59 Å². The van der Waals surface area contributed by atoms with E-state index >= 15 is 0 Å². The molecule has 1 fully saturated rings. The van der Waals surface area contributed by atoms with Crippen LogP contribution in [0.5, 0.6) is 0 Å². The number of hydrogen-bond acceptors (Lipinski definition) is 3. The van der Waals surface area contributed by atoms with Crippen LogP contribution in [0.1, 0.15) is 6.92 Å². The van der Waals surface area contributed by atoms with Crippen LogP contribution in [0.25, 0.3) is 0 Å². The van der Waals surface area contributed by atoms with Crippen LogP contribution in [0.3, 0.4) is 0 Å². The fourth-order valence-corrected chi connectivity index (χ4v) is 2.51. The van der Waals surface area contributed by atoms with Gasteiger partial charge in [-0.1, -0.05) is 23.7 Å². The highest BCUT2D eigenvalue weighted by molar-refractivity contribution is 6.33. The Morgan fingerprint density at radius 2 is 1.80 bits per heavy atom. The summed E-state index contributed by atoms with van der Waals surface area (Å²) in [6.45, 7) is 3.76. The van der Waals surface area contributed by atoms with Crippen molar-refractivity contribution >= 4 is 29.2 Å². The fraction of sp³-hybridized carbons (Fsp3) is 0.429. The van der Waals surface area contributed by atoms with E-state index in [1.165, 1.54) is 6.92 Å². The molecule has 1 aromatic carbocycles. The van der Waals surface area contributed by atoms with E-state index in [0.29, 0.717) is 31.2 Å². The fourth-order valence-electron chi connectivity index (χ4n) is 2.26. The van der Waals surface area contributed by atoms with Gasteiger partial charge in [-0.3, -0.25) is 9.59 Å². The van der Waals surface area contributed by atoms with Crippen molar-refractivity contribution in [2.45, 2.75) is 6.92 Å². The lowest BCUT2D eigenvalue weighted by Gasteiger charge is -2.37. The molecule has 2 rings (SSSR count). The molecule has 0 saturated carbocycles. The lowest BCUT2D eigenvalue weighted by Crippen LogP contribution is -2.51. The predicted octanol–water partition coefficient (Wildman–Crippen LogP) is 1.71. The number of carboxylic acids is 1. The number of anilines is 1. The van der Waals surface area contributed by atoms with Gasteiger partial charge >= 0.3 is 5.97 Å². The average molecular weight is 297 g/mol. The van der Waals surface area contributed by atoms with Crippen LogP contribution in [0.4, 0.5) is 5.69 Å². The normalized spacial score (nSPS) is 16.9. The van der Waals surface area contributed by atoms with Crippen LogP contribution < -0.4 is 4.90 Å². The molecule has 1 aromatic rings. The highest BCUT2D eigenvalue weighted by Gasteiger charge is 2.29. The first-order valence-electron chi connectivity index (χ1n) is 6.52. The molecule has 20 heavy (non-hydrogen) atoms. The van der Waals surface area contributed by atoms with Gasteiger partial charge in [-0.15, -0.1) is 0 Å². The number of rotatable bonds is 3. The molecule has 0 spiro atoms. The molecule has 1 unspecified atom stereocenters. The van der Waals surface area contributed by atoms with Gasteiger partial charge in [0, 0.05) is 26.2 Å². The summed E-state index contributed by atoms with van der Waals surface area (Å²) in [5.74, 6) is -2.39. The second-order valence-corrected chi connectivity index (χ2v) is 5.23. The zero-order chi connectivity index (χ0) is 14.7. The molecular weight excluding hydrogens is 280 g/mol. The Labute approximate surface area is 122 Å². The number of nitrogens with zero attached hydrogens (tertiary/aromatic N) is 2. The first-order chi connectivity index (χ1) is 9.50. The quantitative estimate of drug-likeness (QED) is 0.863. The van der Waals surface area contributed by atoms with E-state index in [0.717, 1.165) is 5.69 Å². The highest BCUT2D eigenvalue weighted by atomic mass is 35.5. The van der Waals surface area contributed by atoms with Crippen LogP contribution in [0, 0.1) is 5.92 Å². The van der Waals surface area contributed by atoms with Crippen LogP contribution in [0.2, 0.25) is 5.02 Å². The predicted molar refractivity (Wildman–Crippen MR) is 77.0 cm³/mol. The largest absolute Gasteiger partial charge is 0.481 e. The number of halogens is 1. The second-order valence-electron chi connectivity index (χ2n) is 4.82. The van der Waals surface area contributed by atoms with E-state index in [1.807, 2.05) is 24.3 Å². The maximum atomic E-state index is 12.0. The van der Waals surface area contributed by atoms with Crippen molar-refractivity contribution in [1.82, 2.24) is 4.90 Å². The zero-order valence-electron chi connectivity index (χ0n) is 11.3. The van der Waals surface area contributed by atoms with Crippen molar-refractivity contribution < 1.29 is 14.7 Å². The topological polar surface area (TPSA) is 60.9 Å². The van der Waals surface area contributed by atoms with Gasteiger partial charge in [0.15, 0.2) is 0 Å². The van der Waals surface area contributed by atoms with E-state index in [2.05, 4.69) is 4.90 Å². The van der Waals surface area contributed by atoms with Crippen molar-refractivity contribution in [3.8, 4) is 0 Å². The number of piperazine rings is 1. The first kappa shape index (κ1) is 14.7. The maximum absolute atomic E-state index is 12.0. The van der Waals surface area contributed by atoms with E-state index in [1.54, 1.807) is 4.90 Å². The van der Waals surface area contributed by atoms with Crippen molar-refractivity contribution in [3.63, 3.8) is 0 Å². The number of para-hydroxylation sites is 1. The van der Waals surface area contributed by atoms with Gasteiger partial charge in [-0.25, -0.2) is 0 Å². The van der Waals surface area contributed by atoms with Crippen LogP contribution in [-0.2, 0) is 9.59 Å². The molecule has 1 N–H and O–H groups in total. The number of aliphatic carboxylic acids is 1. The maximum Gasteiger partial charge on any atom is 0.315 e. The number of carbonyl (C=O) groups excluding carboxylic acids is 1. The Kier molecular flexibility index (Phi) is 4.49. The molecule has 5 nitrogen and oxygen atoms in total. The molecule has 0 radical (unpaired) electrons. The summed E-state index contributed by atoms with van der Waals surface area (Å²) < 4.78 is 0. The SMILES string of the molecule is CC(C(=O)O)C(=O)N1CCN(c2ccccc2Cl)CC1. The minimum Gasteiger partial charge on any atom is -0.481 e. The summed E-state index contributed by atoms with van der Waals surface area (Å²) in [5.41, 5.74) is 0.951. The molecule has 1 heterocycles. The Bertz CT molecular complexity index is 513. The van der Waals surface area contributed by atoms with Gasteiger partial charge in [0.1, 0.15) is 5.92 Å². The second kappa shape index (κ2) is 6.13. The van der Waals surface area contributed by atoms with Gasteiger partial charge in [0.05, 0.1) is 10.7 Å². The van der Waals surface area contributed by atoms with E-state index in [4.69, 9.17) is 16.7 Å². The molecule has 1 atom stereocenters. The third kappa shape index (κ3) is 3.04. The monoisotopic (exact) mass is 296 g/mol. The Morgan fingerprint density at radius 1 is 1.20 bits per heavy atom. The summed E-state index contributed by atoms with van der Waals surface area (Å²) in [6, 6.07) is 7.58. The number of carbonyl (C=O) groups is 2. The smallest absolute Gasteiger partial charge is 0.315 e. The summed E-state index contributed by atoms with van der Waals surface area (Å²) in [5, 5.41) is 9.56. The molecule has 1 aliphatic rings. The van der Waals surface area contributed by atoms with Crippen LogP contribution >= 0.6 is 11.6 Å². The number of benzene rings is 1. The molecule has 108 valence electrons. The molecule has 1 saturated heterocycles. The van der Waals surface area contributed by atoms with Gasteiger partial charge in [-0.2, -0.15) is 0 Å². The average Bonchev–Trinajstić information content (AvgIpc) is 2.46. The van der Waals surface area contributed by atoms with E-state index < -0.39 is 11.9 Å². The Balaban J connectivity index is 1.98. The molecule has 1 amide bonds. The molecule has 6 heteroatoms. The third-order valence-electron chi connectivity index (χ3n) is 3.53. The zero-order valence-corrected chi connectivity index (χ0v) is 12.0. The minimum absolute atomic E-state index is 0.323. The van der Waals surface area contributed by atoms with Crippen molar-refractivity contribution in [1.29, 1.82) is 0 Å². The molecular formula is C14H17ClN2O3. The van der Waals surface area contributed by atoms with Crippen molar-refractivity contribution in [3.05, 3.63) is 29.3 Å². The first-order valence-corrected chi connectivity index (χ1v) is 6.89. The molecule has 0 aliphatic carbocycles.